The molecule has 1 N–H and O–H groups in total. The fourth-order valence-electron chi connectivity index (χ4n) is 2.83. The molecule has 1 aromatic rings. The number of rotatable bonds is 3. The average Bonchev–Trinajstić information content (AvgIpc) is 3.46. The predicted octanol–water partition coefficient (Wildman–Crippen LogP) is 4.27. The van der Waals surface area contributed by atoms with E-state index < -0.39 is 6.10 Å². The third-order valence-corrected chi connectivity index (χ3v) is 4.07. The van der Waals surface area contributed by atoms with E-state index in [1.807, 2.05) is 18.2 Å². The summed E-state index contributed by atoms with van der Waals surface area (Å²) in [4.78, 5) is 0. The first-order chi connectivity index (χ1) is 13.2. The Kier molecular flexibility index (Phi) is 24.8. The number of ether oxygens (including phenoxy) is 1. The van der Waals surface area contributed by atoms with Crippen molar-refractivity contribution >= 4 is 5.57 Å². The van der Waals surface area contributed by atoms with Crippen LogP contribution in [0.1, 0.15) is 57.9 Å². The number of benzene rings is 1. The van der Waals surface area contributed by atoms with Crippen LogP contribution in [0.3, 0.4) is 0 Å². The molecule has 5 nitrogen and oxygen atoms in total. The molecule has 3 rings (SSSR count). The van der Waals surface area contributed by atoms with Gasteiger partial charge >= 0.3 is 55.0 Å². The summed E-state index contributed by atoms with van der Waals surface area (Å²) in [5.74, 6) is 0. The van der Waals surface area contributed by atoms with Gasteiger partial charge in [0.15, 0.2) is 0 Å². The maximum atomic E-state index is 9.53. The molecule has 0 radical (unpaired) electrons. The van der Waals surface area contributed by atoms with Gasteiger partial charge in [0.05, 0.1) is 6.10 Å². The van der Waals surface area contributed by atoms with Crippen molar-refractivity contribution in [1.29, 1.82) is 0 Å². The Balaban J connectivity index is -0.000000437. The Morgan fingerprint density at radius 3 is 1.79 bits per heavy atom. The second kappa shape index (κ2) is 22.1. The first-order valence-corrected chi connectivity index (χ1v) is 8.86. The Labute approximate surface area is 183 Å². The molecule has 1 fully saturated rings. The van der Waals surface area contributed by atoms with Gasteiger partial charge in [0.1, 0.15) is 0 Å². The summed E-state index contributed by atoms with van der Waals surface area (Å²) in [6, 6.07) is 10.1. The monoisotopic (exact) mass is 555 g/mol. The van der Waals surface area contributed by atoms with Gasteiger partial charge in [-0.3, -0.25) is 0 Å². The maximum absolute atomic E-state index is 9.53. The van der Waals surface area contributed by atoms with Crippen molar-refractivity contribution in [3.8, 4) is 0 Å². The molecule has 1 unspecified atom stereocenters. The van der Waals surface area contributed by atoms with E-state index in [-0.39, 0.29) is 33.3 Å². The van der Waals surface area contributed by atoms with Gasteiger partial charge in [-0.15, -0.1) is 12.1 Å². The summed E-state index contributed by atoms with van der Waals surface area (Å²) in [5, 5.41) is 9.53. The molecule has 28 heavy (non-hydrogen) atoms. The van der Waals surface area contributed by atoms with E-state index in [1.165, 1.54) is 32.1 Å². The molecule has 2 aliphatic rings. The van der Waals surface area contributed by atoms with Gasteiger partial charge in [-0.05, 0) is 13.3 Å². The molecule has 150 valence electrons. The second-order valence-corrected chi connectivity index (χ2v) is 5.89. The fraction of sp³-hybridized carbons (Fsp3) is 0.500. The van der Waals surface area contributed by atoms with Crippen LogP contribution in [0.15, 0.2) is 30.3 Å². The molecule has 0 aromatic heterocycles. The SMILES string of the molecule is C1CCCC1.CC[C@@H]1OC([C@@H](C)O)[C-]=C1c1ccccc1.[C-]#[O+].[C-]#[O+].[C-]#[O+].[W+2]. The summed E-state index contributed by atoms with van der Waals surface area (Å²) in [5.41, 5.74) is 2.21. The van der Waals surface area contributed by atoms with E-state index in [0.717, 1.165) is 17.6 Å². The van der Waals surface area contributed by atoms with E-state index in [1.54, 1.807) is 6.92 Å². The van der Waals surface area contributed by atoms with E-state index in [4.69, 9.17) is 18.7 Å². The number of aliphatic hydroxyl groups is 1. The standard InChI is InChI=1S/C14H17O2.C5H10.3CO.W/c1-3-13-12(9-14(16-13)10(2)15)11-7-5-4-6-8-11;1-2-4-5-3-1;3*1-2;/h4-8,10,13-15H,3H2,1-2H3;1-5H2;;;;/q-1;;;;;+2/t10-,13+,14?;;;;;/m1...../s1. The fourth-order valence-corrected chi connectivity index (χ4v) is 2.83. The van der Waals surface area contributed by atoms with Crippen LogP contribution in [0.4, 0.5) is 0 Å². The summed E-state index contributed by atoms with van der Waals surface area (Å²) < 4.78 is 28.2. The normalized spacial score (nSPS) is 19.7. The molecule has 0 spiro atoms. The summed E-state index contributed by atoms with van der Waals surface area (Å²) in [6.07, 6.45) is 10.9. The van der Waals surface area contributed by atoms with Crippen molar-refractivity contribution < 1.29 is 44.9 Å². The van der Waals surface area contributed by atoms with Gasteiger partial charge in [0, 0.05) is 12.2 Å². The van der Waals surface area contributed by atoms with Gasteiger partial charge in [0.25, 0.3) is 0 Å². The zero-order valence-electron chi connectivity index (χ0n) is 16.3. The van der Waals surface area contributed by atoms with Crippen LogP contribution in [0.5, 0.6) is 0 Å². The minimum absolute atomic E-state index is 0. The van der Waals surface area contributed by atoms with Crippen molar-refractivity contribution in [2.75, 3.05) is 0 Å². The molecular formula is C22H27O5W+. The van der Waals surface area contributed by atoms with Crippen LogP contribution < -0.4 is 0 Å². The minimum atomic E-state index is -0.504. The first-order valence-electron chi connectivity index (χ1n) is 8.86. The average molecular weight is 555 g/mol. The van der Waals surface area contributed by atoms with Crippen LogP contribution in [0.25, 0.3) is 5.57 Å². The molecule has 1 aliphatic carbocycles. The van der Waals surface area contributed by atoms with Crippen molar-refractivity contribution in [2.45, 2.75) is 70.7 Å². The topological polar surface area (TPSA) is 89.2 Å². The van der Waals surface area contributed by atoms with Crippen molar-refractivity contribution in [1.82, 2.24) is 0 Å². The second-order valence-electron chi connectivity index (χ2n) is 5.89. The quantitative estimate of drug-likeness (QED) is 0.446. The molecular weight excluding hydrogens is 528 g/mol. The van der Waals surface area contributed by atoms with Gasteiger partial charge < -0.3 is 9.84 Å². The molecule has 3 atom stereocenters. The van der Waals surface area contributed by atoms with E-state index in [9.17, 15) is 5.11 Å². The smallest absolute Gasteiger partial charge is 2.00 e. The zero-order chi connectivity index (χ0) is 21.1. The maximum Gasteiger partial charge on any atom is 2.00 e. The van der Waals surface area contributed by atoms with Crippen molar-refractivity contribution in [3.05, 3.63) is 61.9 Å². The largest absolute Gasteiger partial charge is 2.00 e. The third kappa shape index (κ3) is 12.3. The van der Waals surface area contributed by atoms with Crippen LogP contribution in [0.2, 0.25) is 0 Å². The molecule has 0 bridgehead atoms. The van der Waals surface area contributed by atoms with Gasteiger partial charge in [-0.2, -0.15) is 11.1 Å². The molecule has 1 heterocycles. The zero-order valence-corrected chi connectivity index (χ0v) is 19.3. The molecule has 1 aliphatic heterocycles. The molecule has 0 saturated heterocycles. The van der Waals surface area contributed by atoms with Crippen LogP contribution in [-0.2, 0) is 39.8 Å². The Morgan fingerprint density at radius 2 is 1.43 bits per heavy atom. The Hall–Kier alpha value is -1.21. The predicted molar refractivity (Wildman–Crippen MR) is 98.6 cm³/mol. The van der Waals surface area contributed by atoms with Gasteiger partial charge in [-0.25, -0.2) is 6.08 Å². The number of hydrogen-bond donors (Lipinski definition) is 1. The molecule has 0 amide bonds. The number of aliphatic hydroxyl groups excluding tert-OH is 1. The minimum Gasteiger partial charge on any atom is 2.00 e. The summed E-state index contributed by atoms with van der Waals surface area (Å²) in [6.45, 7) is 17.3. The van der Waals surface area contributed by atoms with Crippen LogP contribution in [-0.4, -0.2) is 23.4 Å². The van der Waals surface area contributed by atoms with Crippen molar-refractivity contribution in [3.63, 3.8) is 0 Å². The summed E-state index contributed by atoms with van der Waals surface area (Å²) in [7, 11) is 0. The molecule has 1 aromatic carbocycles. The Bertz CT molecular complexity index is 537. The van der Waals surface area contributed by atoms with Gasteiger partial charge in [0.2, 0.25) is 0 Å². The molecule has 6 heteroatoms. The van der Waals surface area contributed by atoms with E-state index in [2.05, 4.69) is 45.1 Å². The number of hydrogen-bond acceptors (Lipinski definition) is 2. The van der Waals surface area contributed by atoms with E-state index >= 15 is 0 Å². The van der Waals surface area contributed by atoms with Gasteiger partial charge in [-0.1, -0.05) is 57.2 Å². The first kappa shape index (κ1) is 31.5. The Morgan fingerprint density at radius 1 is 1.00 bits per heavy atom. The van der Waals surface area contributed by atoms with Crippen LogP contribution in [0, 0.1) is 26.0 Å². The van der Waals surface area contributed by atoms with Crippen molar-refractivity contribution in [2.24, 2.45) is 0 Å². The molecule has 1 saturated carbocycles. The summed E-state index contributed by atoms with van der Waals surface area (Å²) >= 11 is 0. The van der Waals surface area contributed by atoms with E-state index in [0.29, 0.717) is 0 Å². The van der Waals surface area contributed by atoms with Crippen LogP contribution >= 0.6 is 0 Å². The third-order valence-electron chi connectivity index (χ3n) is 4.07.